The minimum atomic E-state index is 0.464. The SMILES string of the molecule is CCN=C(N)Nc1ccccc1I. The number of para-hydroxylation sites is 1. The number of rotatable bonds is 2. The van der Waals surface area contributed by atoms with E-state index in [-0.39, 0.29) is 0 Å². The lowest BCUT2D eigenvalue weighted by atomic mass is 10.3. The van der Waals surface area contributed by atoms with E-state index in [0.29, 0.717) is 12.5 Å². The zero-order chi connectivity index (χ0) is 9.68. The van der Waals surface area contributed by atoms with Crippen molar-refractivity contribution in [1.82, 2.24) is 0 Å². The molecule has 13 heavy (non-hydrogen) atoms. The Bertz CT molecular complexity index is 309. The van der Waals surface area contributed by atoms with Gasteiger partial charge < -0.3 is 11.1 Å². The van der Waals surface area contributed by atoms with Gasteiger partial charge in [0.15, 0.2) is 5.96 Å². The summed E-state index contributed by atoms with van der Waals surface area (Å²) < 4.78 is 1.13. The fraction of sp³-hybridized carbons (Fsp3) is 0.222. The summed E-state index contributed by atoms with van der Waals surface area (Å²) in [4.78, 5) is 4.04. The second-order valence-electron chi connectivity index (χ2n) is 2.46. The zero-order valence-corrected chi connectivity index (χ0v) is 9.58. The van der Waals surface area contributed by atoms with Crippen LogP contribution < -0.4 is 11.1 Å². The predicted molar refractivity (Wildman–Crippen MR) is 64.9 cm³/mol. The summed E-state index contributed by atoms with van der Waals surface area (Å²) in [5.41, 5.74) is 6.62. The van der Waals surface area contributed by atoms with Gasteiger partial charge in [0.25, 0.3) is 0 Å². The van der Waals surface area contributed by atoms with Crippen molar-refractivity contribution in [2.75, 3.05) is 11.9 Å². The van der Waals surface area contributed by atoms with Crippen LogP contribution in [0.15, 0.2) is 29.3 Å². The molecule has 0 heterocycles. The van der Waals surface area contributed by atoms with Crippen LogP contribution in [0.25, 0.3) is 0 Å². The molecule has 1 aromatic carbocycles. The third-order valence-corrected chi connectivity index (χ3v) is 2.41. The van der Waals surface area contributed by atoms with Crippen molar-refractivity contribution in [3.8, 4) is 0 Å². The van der Waals surface area contributed by atoms with E-state index in [2.05, 4.69) is 32.9 Å². The molecule has 0 amide bonds. The fourth-order valence-corrected chi connectivity index (χ4v) is 1.43. The molecule has 0 aliphatic heterocycles. The molecule has 0 aromatic heterocycles. The van der Waals surface area contributed by atoms with Gasteiger partial charge in [-0.1, -0.05) is 12.1 Å². The molecule has 1 aromatic rings. The van der Waals surface area contributed by atoms with Crippen molar-refractivity contribution in [3.63, 3.8) is 0 Å². The Morgan fingerprint density at radius 3 is 2.85 bits per heavy atom. The molecule has 4 heteroatoms. The summed E-state index contributed by atoms with van der Waals surface area (Å²) in [7, 11) is 0. The number of nitrogens with one attached hydrogen (secondary N) is 1. The maximum Gasteiger partial charge on any atom is 0.193 e. The maximum absolute atomic E-state index is 5.62. The van der Waals surface area contributed by atoms with Gasteiger partial charge in [-0.2, -0.15) is 0 Å². The van der Waals surface area contributed by atoms with Gasteiger partial charge in [-0.25, -0.2) is 0 Å². The molecule has 0 fully saturated rings. The molecule has 0 spiro atoms. The Morgan fingerprint density at radius 1 is 1.54 bits per heavy atom. The number of anilines is 1. The maximum atomic E-state index is 5.62. The Labute approximate surface area is 91.6 Å². The fourth-order valence-electron chi connectivity index (χ4n) is 0.910. The van der Waals surface area contributed by atoms with E-state index in [9.17, 15) is 0 Å². The smallest absolute Gasteiger partial charge is 0.193 e. The van der Waals surface area contributed by atoms with Crippen LogP contribution >= 0.6 is 22.6 Å². The number of hydrogen-bond donors (Lipinski definition) is 2. The summed E-state index contributed by atoms with van der Waals surface area (Å²) >= 11 is 2.25. The average molecular weight is 289 g/mol. The van der Waals surface area contributed by atoms with Gasteiger partial charge in [0.2, 0.25) is 0 Å². The molecule has 0 bridgehead atoms. The number of benzene rings is 1. The second kappa shape index (κ2) is 5.06. The van der Waals surface area contributed by atoms with Gasteiger partial charge in [0.05, 0.1) is 5.69 Å². The average Bonchev–Trinajstić information content (AvgIpc) is 2.09. The summed E-state index contributed by atoms with van der Waals surface area (Å²) in [5.74, 6) is 0.464. The van der Waals surface area contributed by atoms with Crippen molar-refractivity contribution in [3.05, 3.63) is 27.8 Å². The van der Waals surface area contributed by atoms with Crippen LogP contribution in [-0.2, 0) is 0 Å². The first kappa shape index (κ1) is 10.3. The highest BCUT2D eigenvalue weighted by molar-refractivity contribution is 14.1. The molecule has 0 atom stereocenters. The number of guanidine groups is 1. The van der Waals surface area contributed by atoms with Crippen LogP contribution in [0, 0.1) is 3.57 Å². The first-order chi connectivity index (χ1) is 6.24. The molecule has 70 valence electrons. The van der Waals surface area contributed by atoms with Crippen molar-refractivity contribution in [2.24, 2.45) is 10.7 Å². The minimum absolute atomic E-state index is 0.464. The second-order valence-corrected chi connectivity index (χ2v) is 3.63. The molecule has 0 unspecified atom stereocenters. The highest BCUT2D eigenvalue weighted by Crippen LogP contribution is 2.16. The first-order valence-corrected chi connectivity index (χ1v) is 5.13. The Morgan fingerprint density at radius 2 is 2.23 bits per heavy atom. The highest BCUT2D eigenvalue weighted by atomic mass is 127. The Hall–Kier alpha value is -0.780. The molecule has 1 rings (SSSR count). The Kier molecular flexibility index (Phi) is 4.01. The zero-order valence-electron chi connectivity index (χ0n) is 7.42. The lowest BCUT2D eigenvalue weighted by Gasteiger charge is -2.06. The van der Waals surface area contributed by atoms with Crippen LogP contribution in [0.2, 0.25) is 0 Å². The normalized spacial score (nSPS) is 11.4. The summed E-state index contributed by atoms with van der Waals surface area (Å²) in [6.45, 7) is 2.65. The number of hydrogen-bond acceptors (Lipinski definition) is 1. The van der Waals surface area contributed by atoms with Crippen molar-refractivity contribution < 1.29 is 0 Å². The molecule has 0 aliphatic carbocycles. The monoisotopic (exact) mass is 289 g/mol. The van der Waals surface area contributed by atoms with E-state index < -0.39 is 0 Å². The standard InChI is InChI=1S/C9H12IN3/c1-2-12-9(11)13-8-6-4-3-5-7(8)10/h3-6H,2H2,1H3,(H3,11,12,13). The summed E-state index contributed by atoms with van der Waals surface area (Å²) in [6, 6.07) is 7.94. The van der Waals surface area contributed by atoms with E-state index >= 15 is 0 Å². The minimum Gasteiger partial charge on any atom is -0.370 e. The number of halogens is 1. The van der Waals surface area contributed by atoms with Gasteiger partial charge in [-0.15, -0.1) is 0 Å². The topological polar surface area (TPSA) is 50.4 Å². The summed E-state index contributed by atoms with van der Waals surface area (Å²) in [6.07, 6.45) is 0. The van der Waals surface area contributed by atoms with E-state index in [4.69, 9.17) is 5.73 Å². The number of nitrogens with zero attached hydrogens (tertiary/aromatic N) is 1. The molecule has 3 nitrogen and oxygen atoms in total. The third-order valence-electron chi connectivity index (χ3n) is 1.47. The van der Waals surface area contributed by atoms with E-state index in [1.165, 1.54) is 0 Å². The molecular weight excluding hydrogens is 277 g/mol. The lowest BCUT2D eigenvalue weighted by molar-refractivity contribution is 1.12. The molecule has 0 aliphatic rings. The number of aliphatic imine (C=N–C) groups is 1. The quantitative estimate of drug-likeness (QED) is 0.497. The van der Waals surface area contributed by atoms with Crippen molar-refractivity contribution >= 4 is 34.2 Å². The molecular formula is C9H12IN3. The third kappa shape index (κ3) is 3.22. The van der Waals surface area contributed by atoms with Crippen LogP contribution in [0.1, 0.15) is 6.92 Å². The van der Waals surface area contributed by atoms with E-state index in [0.717, 1.165) is 9.26 Å². The highest BCUT2D eigenvalue weighted by Gasteiger charge is 1.97. The predicted octanol–water partition coefficient (Wildman–Crippen LogP) is 2.04. The van der Waals surface area contributed by atoms with E-state index in [1.807, 2.05) is 31.2 Å². The van der Waals surface area contributed by atoms with Crippen LogP contribution in [-0.4, -0.2) is 12.5 Å². The molecule has 3 N–H and O–H groups in total. The Balaban J connectivity index is 2.74. The number of nitrogens with two attached hydrogens (primary N) is 1. The van der Waals surface area contributed by atoms with Gasteiger partial charge in [0, 0.05) is 10.1 Å². The largest absolute Gasteiger partial charge is 0.370 e. The van der Waals surface area contributed by atoms with Crippen LogP contribution in [0.4, 0.5) is 5.69 Å². The van der Waals surface area contributed by atoms with Crippen LogP contribution in [0.5, 0.6) is 0 Å². The molecule has 0 radical (unpaired) electrons. The van der Waals surface area contributed by atoms with Gasteiger partial charge in [-0.05, 0) is 41.6 Å². The van der Waals surface area contributed by atoms with Gasteiger partial charge >= 0.3 is 0 Å². The lowest BCUT2D eigenvalue weighted by Crippen LogP contribution is -2.23. The van der Waals surface area contributed by atoms with Gasteiger partial charge in [0.1, 0.15) is 0 Å². The van der Waals surface area contributed by atoms with Crippen molar-refractivity contribution in [2.45, 2.75) is 6.92 Å². The molecule has 0 saturated carbocycles. The van der Waals surface area contributed by atoms with E-state index in [1.54, 1.807) is 0 Å². The first-order valence-electron chi connectivity index (χ1n) is 4.05. The van der Waals surface area contributed by atoms with Crippen molar-refractivity contribution in [1.29, 1.82) is 0 Å². The van der Waals surface area contributed by atoms with Gasteiger partial charge in [-0.3, -0.25) is 4.99 Å². The summed E-state index contributed by atoms with van der Waals surface area (Å²) in [5, 5.41) is 3.03. The molecule has 0 saturated heterocycles. The van der Waals surface area contributed by atoms with Crippen LogP contribution in [0.3, 0.4) is 0 Å².